The van der Waals surface area contributed by atoms with Crippen LogP contribution in [0, 0.1) is 16.7 Å². The SMILES string of the molecule is CC(=O)OC12COC1CC(O)C1(C)C(=O)C(O)C3=C(C)C(OC(=O)C(O)C(NC(=O)OC(C)(C)C)c4ccccc4)CC(O)(C(OC(=O)c4ccccc4)C21)C3(C)C.O.O.O. The fourth-order valence-corrected chi connectivity index (χ4v) is 9.56. The minimum absolute atomic E-state index is 0. The van der Waals surface area contributed by atoms with E-state index in [2.05, 4.69) is 5.32 Å². The number of ether oxygens (including phenoxy) is 5. The third-order valence-corrected chi connectivity index (χ3v) is 12.6. The lowest BCUT2D eigenvalue weighted by molar-refractivity contribution is -0.346. The zero-order valence-corrected chi connectivity index (χ0v) is 35.4. The average Bonchev–Trinajstić information content (AvgIpc) is 3.14. The first-order chi connectivity index (χ1) is 27.0. The van der Waals surface area contributed by atoms with Gasteiger partial charge in [0.15, 0.2) is 17.5 Å². The zero-order valence-electron chi connectivity index (χ0n) is 35.4. The van der Waals surface area contributed by atoms with Gasteiger partial charge in [-0.15, -0.1) is 0 Å². The molecular formula is C43H59NO17. The normalized spacial score (nSPS) is 32.0. The van der Waals surface area contributed by atoms with Gasteiger partial charge in [-0.2, -0.15) is 0 Å². The van der Waals surface area contributed by atoms with Gasteiger partial charge in [-0.1, -0.05) is 62.4 Å². The van der Waals surface area contributed by atoms with Gasteiger partial charge in [-0.25, -0.2) is 14.4 Å². The molecule has 11 atom stereocenters. The summed E-state index contributed by atoms with van der Waals surface area (Å²) in [5, 5.41) is 51.6. The Morgan fingerprint density at radius 1 is 0.918 bits per heavy atom. The van der Waals surface area contributed by atoms with Gasteiger partial charge >= 0.3 is 24.0 Å². The lowest BCUT2D eigenvalue weighted by Crippen LogP contribution is -2.81. The highest BCUT2D eigenvalue weighted by molar-refractivity contribution is 5.94. The molecule has 18 nitrogen and oxygen atoms in total. The highest BCUT2D eigenvalue weighted by Crippen LogP contribution is 2.64. The largest absolute Gasteiger partial charge is 0.456 e. The molecule has 0 aromatic heterocycles. The number of Topliss-reactive ketones (excluding diaryl/α,β-unsaturated/α-hetero) is 1. The molecule has 18 heteroatoms. The van der Waals surface area contributed by atoms with Gasteiger partial charge in [-0.3, -0.25) is 9.59 Å². The zero-order chi connectivity index (χ0) is 42.7. The molecule has 11 N–H and O–H groups in total. The molecular weight excluding hydrogens is 802 g/mol. The number of nitrogens with one attached hydrogen (secondary N) is 1. The van der Waals surface area contributed by atoms with Crippen LogP contribution in [0.2, 0.25) is 0 Å². The summed E-state index contributed by atoms with van der Waals surface area (Å²) in [5.74, 6) is -5.36. The lowest BCUT2D eigenvalue weighted by atomic mass is 9.44. The van der Waals surface area contributed by atoms with Gasteiger partial charge in [0.05, 0.1) is 35.6 Å². The van der Waals surface area contributed by atoms with Crippen LogP contribution in [0.15, 0.2) is 71.8 Å². The first-order valence-corrected chi connectivity index (χ1v) is 19.3. The molecule has 4 aliphatic rings. The number of alkyl carbamates (subject to hydrolysis) is 1. The Hall–Kier alpha value is -4.79. The maximum atomic E-state index is 14.9. The Bertz CT molecular complexity index is 1980. The first-order valence-electron chi connectivity index (χ1n) is 19.3. The van der Waals surface area contributed by atoms with Crippen LogP contribution in [0.3, 0.4) is 0 Å². The number of benzene rings is 2. The Balaban J connectivity index is 0.00000331. The Morgan fingerprint density at radius 2 is 1.49 bits per heavy atom. The van der Waals surface area contributed by atoms with Crippen LogP contribution < -0.4 is 5.32 Å². The Kier molecular flexibility index (Phi) is 14.8. The second-order valence-electron chi connectivity index (χ2n) is 17.6. The molecule has 2 aromatic rings. The number of ketones is 1. The number of carbonyl (C=O) groups excluding carboxylic acids is 5. The summed E-state index contributed by atoms with van der Waals surface area (Å²) in [6.07, 6.45) is -11.5. The predicted molar refractivity (Wildman–Crippen MR) is 214 cm³/mol. The van der Waals surface area contributed by atoms with Crippen LogP contribution in [-0.4, -0.2) is 127 Å². The van der Waals surface area contributed by atoms with E-state index in [1.807, 2.05) is 0 Å². The molecule has 1 heterocycles. The molecule has 0 spiro atoms. The molecule has 1 amide bonds. The summed E-state index contributed by atoms with van der Waals surface area (Å²) >= 11 is 0. The highest BCUT2D eigenvalue weighted by atomic mass is 16.6. The minimum Gasteiger partial charge on any atom is -0.456 e. The van der Waals surface area contributed by atoms with Gasteiger partial charge < -0.3 is 65.9 Å². The summed E-state index contributed by atoms with van der Waals surface area (Å²) in [5.41, 5.74) is -8.14. The summed E-state index contributed by atoms with van der Waals surface area (Å²) in [6, 6.07) is 14.6. The van der Waals surface area contributed by atoms with Crippen LogP contribution in [0.1, 0.15) is 90.2 Å². The van der Waals surface area contributed by atoms with E-state index < -0.39 is 112 Å². The number of esters is 3. The van der Waals surface area contributed by atoms with Crippen LogP contribution in [-0.2, 0) is 38.1 Å². The number of fused-ring (bicyclic) bond motifs is 5. The van der Waals surface area contributed by atoms with Crippen LogP contribution >= 0.6 is 0 Å². The Morgan fingerprint density at radius 3 is 2.02 bits per heavy atom. The monoisotopic (exact) mass is 861 g/mol. The van der Waals surface area contributed by atoms with E-state index in [1.54, 1.807) is 83.1 Å². The smallest absolute Gasteiger partial charge is 0.408 e. The molecule has 1 saturated heterocycles. The molecule has 3 aliphatic carbocycles. The Labute approximate surface area is 353 Å². The van der Waals surface area contributed by atoms with Crippen molar-refractivity contribution in [3.63, 3.8) is 0 Å². The molecule has 2 aromatic carbocycles. The van der Waals surface area contributed by atoms with E-state index in [0.717, 1.165) is 6.92 Å². The molecule has 338 valence electrons. The van der Waals surface area contributed by atoms with E-state index in [4.69, 9.17) is 23.7 Å². The van der Waals surface area contributed by atoms with Crippen molar-refractivity contribution in [2.75, 3.05) is 6.61 Å². The van der Waals surface area contributed by atoms with Crippen molar-refractivity contribution in [3.05, 3.63) is 82.9 Å². The van der Waals surface area contributed by atoms with Gasteiger partial charge in [-0.05, 0) is 63.5 Å². The maximum absolute atomic E-state index is 14.9. The number of aliphatic hydroxyl groups excluding tert-OH is 3. The van der Waals surface area contributed by atoms with E-state index in [0.29, 0.717) is 5.56 Å². The number of hydrogen-bond donors (Lipinski definition) is 5. The fraction of sp³-hybridized carbons (Fsp3) is 0.558. The van der Waals surface area contributed by atoms with Crippen LogP contribution in [0.25, 0.3) is 0 Å². The van der Waals surface area contributed by atoms with Crippen LogP contribution in [0.4, 0.5) is 4.79 Å². The number of rotatable bonds is 8. The predicted octanol–water partition coefficient (Wildman–Crippen LogP) is 0.786. The van der Waals surface area contributed by atoms with E-state index in [-0.39, 0.29) is 46.2 Å². The molecule has 6 rings (SSSR count). The molecule has 3 fully saturated rings. The van der Waals surface area contributed by atoms with Gasteiger partial charge in [0.25, 0.3) is 0 Å². The minimum atomic E-state index is -2.35. The summed E-state index contributed by atoms with van der Waals surface area (Å²) < 4.78 is 29.5. The van der Waals surface area contributed by atoms with Crippen molar-refractivity contribution >= 4 is 29.8 Å². The number of hydrogen-bond acceptors (Lipinski definition) is 14. The van der Waals surface area contributed by atoms with Crippen LogP contribution in [0.5, 0.6) is 0 Å². The fourth-order valence-electron chi connectivity index (χ4n) is 9.56. The topological polar surface area (TPSA) is 319 Å². The summed E-state index contributed by atoms with van der Waals surface area (Å²) in [7, 11) is 0. The molecule has 2 bridgehead atoms. The summed E-state index contributed by atoms with van der Waals surface area (Å²) in [4.78, 5) is 68.9. The number of aliphatic hydroxyl groups is 4. The number of amides is 1. The van der Waals surface area contributed by atoms with Crippen molar-refractivity contribution in [1.82, 2.24) is 5.32 Å². The first kappa shape index (κ1) is 50.6. The lowest BCUT2D eigenvalue weighted by Gasteiger charge is -2.67. The second kappa shape index (κ2) is 17.9. The quantitative estimate of drug-likeness (QED) is 0.139. The molecule has 1 aliphatic heterocycles. The molecule has 2 saturated carbocycles. The molecule has 11 unspecified atom stereocenters. The van der Waals surface area contributed by atoms with Crippen molar-refractivity contribution in [2.45, 2.75) is 128 Å². The highest BCUT2D eigenvalue weighted by Gasteiger charge is 2.78. The van der Waals surface area contributed by atoms with Gasteiger partial charge in [0.2, 0.25) is 0 Å². The third-order valence-electron chi connectivity index (χ3n) is 12.6. The van der Waals surface area contributed by atoms with Crippen molar-refractivity contribution in [2.24, 2.45) is 16.7 Å². The standard InChI is InChI=1S/C43H53NO14.3H2O/c1-22-26(55-37(51)32(48)30(24-15-11-9-12-16-24)44-38(52)58-39(3,4)5)20-43(53)35(56-36(50)25-17-13-10-14-18-25)33-41(8,34(49)31(47)29(22)40(43,6)7)27(46)19-28-42(33,21-54-28)57-23(2)45;;;/h9-18,26-28,30-33,35,46-48,53H,19-21H2,1-8H3,(H,44,52);3*1H2. The van der Waals surface area contributed by atoms with Crippen molar-refractivity contribution in [1.29, 1.82) is 0 Å². The van der Waals surface area contributed by atoms with E-state index >= 15 is 0 Å². The number of carbonyl (C=O) groups is 5. The van der Waals surface area contributed by atoms with E-state index in [1.165, 1.54) is 26.0 Å². The van der Waals surface area contributed by atoms with Gasteiger partial charge in [0.1, 0.15) is 35.6 Å². The second-order valence-corrected chi connectivity index (χ2v) is 17.6. The van der Waals surface area contributed by atoms with Crippen molar-refractivity contribution in [3.8, 4) is 0 Å². The van der Waals surface area contributed by atoms with Crippen molar-refractivity contribution < 1.29 is 84.5 Å². The van der Waals surface area contributed by atoms with Gasteiger partial charge in [0, 0.05) is 25.2 Å². The molecule has 61 heavy (non-hydrogen) atoms. The summed E-state index contributed by atoms with van der Waals surface area (Å²) in [6.45, 7) is 11.8. The third kappa shape index (κ3) is 8.55. The maximum Gasteiger partial charge on any atom is 0.408 e. The average molecular weight is 862 g/mol. The van der Waals surface area contributed by atoms with E-state index in [9.17, 15) is 44.4 Å². The molecule has 0 radical (unpaired) electrons.